The highest BCUT2D eigenvalue weighted by Gasteiger charge is 2.15. The lowest BCUT2D eigenvalue weighted by Gasteiger charge is -2.16. The van der Waals surface area contributed by atoms with Crippen LogP contribution in [0.1, 0.15) is 38.9 Å². The van der Waals surface area contributed by atoms with Gasteiger partial charge in [-0.1, -0.05) is 18.5 Å². The summed E-state index contributed by atoms with van der Waals surface area (Å²) in [5, 5.41) is 10.3. The molecule has 0 aromatic heterocycles. The van der Waals surface area contributed by atoms with Crippen LogP contribution in [0.5, 0.6) is 11.5 Å². The Kier molecular flexibility index (Phi) is 5.59. The molecule has 0 saturated carbocycles. The van der Waals surface area contributed by atoms with E-state index in [1.807, 2.05) is 20.8 Å². The third-order valence-electron chi connectivity index (χ3n) is 2.39. The van der Waals surface area contributed by atoms with E-state index in [-0.39, 0.29) is 0 Å². The third kappa shape index (κ3) is 3.51. The number of aliphatic hydroxyl groups excluding tert-OH is 1. The zero-order chi connectivity index (χ0) is 12.8. The van der Waals surface area contributed by atoms with Crippen LogP contribution in [-0.2, 0) is 0 Å². The van der Waals surface area contributed by atoms with Gasteiger partial charge in [0.15, 0.2) is 11.5 Å². The van der Waals surface area contributed by atoms with Crippen LogP contribution in [-0.4, -0.2) is 18.3 Å². The van der Waals surface area contributed by atoms with E-state index < -0.39 is 6.10 Å². The van der Waals surface area contributed by atoms with Gasteiger partial charge in [0.1, 0.15) is 0 Å². The van der Waals surface area contributed by atoms with E-state index in [1.165, 1.54) is 0 Å². The Bertz CT molecular complexity index is 366. The fraction of sp³-hybridized carbons (Fsp3) is 0.538. The van der Waals surface area contributed by atoms with E-state index in [1.54, 1.807) is 12.1 Å². The standard InChI is InChI=1S/C13H19ClO3/c1-4-11(15)9-7-10(14)13(17-6-3)12(8-9)16-5-2/h7-8,11,15H,4-6H2,1-3H3. The molecule has 1 unspecified atom stereocenters. The summed E-state index contributed by atoms with van der Waals surface area (Å²) in [4.78, 5) is 0. The summed E-state index contributed by atoms with van der Waals surface area (Å²) in [6, 6.07) is 3.51. The molecule has 0 bridgehead atoms. The minimum absolute atomic E-state index is 0.473. The molecule has 0 aliphatic rings. The van der Waals surface area contributed by atoms with Gasteiger partial charge in [0.05, 0.1) is 24.3 Å². The maximum Gasteiger partial charge on any atom is 0.179 e. The molecular formula is C13H19ClO3. The summed E-state index contributed by atoms with van der Waals surface area (Å²) < 4.78 is 10.9. The first-order valence-electron chi connectivity index (χ1n) is 5.91. The Morgan fingerprint density at radius 3 is 2.35 bits per heavy atom. The molecule has 0 amide bonds. The Balaban J connectivity index is 3.15. The second kappa shape index (κ2) is 6.72. The maximum atomic E-state index is 9.81. The van der Waals surface area contributed by atoms with E-state index in [0.717, 1.165) is 5.56 Å². The third-order valence-corrected chi connectivity index (χ3v) is 2.67. The first kappa shape index (κ1) is 14.1. The van der Waals surface area contributed by atoms with Gasteiger partial charge in [0.2, 0.25) is 0 Å². The predicted molar refractivity (Wildman–Crippen MR) is 69.0 cm³/mol. The van der Waals surface area contributed by atoms with Gasteiger partial charge in [-0.3, -0.25) is 0 Å². The van der Waals surface area contributed by atoms with E-state index in [9.17, 15) is 5.11 Å². The van der Waals surface area contributed by atoms with Crippen molar-refractivity contribution in [1.82, 2.24) is 0 Å². The molecule has 0 aliphatic heterocycles. The molecule has 1 aromatic carbocycles. The van der Waals surface area contributed by atoms with Crippen molar-refractivity contribution in [3.63, 3.8) is 0 Å². The molecule has 17 heavy (non-hydrogen) atoms. The molecule has 3 nitrogen and oxygen atoms in total. The summed E-state index contributed by atoms with van der Waals surface area (Å²) in [6.07, 6.45) is 0.109. The maximum absolute atomic E-state index is 9.81. The van der Waals surface area contributed by atoms with Gasteiger partial charge < -0.3 is 14.6 Å². The molecule has 96 valence electrons. The highest BCUT2D eigenvalue weighted by atomic mass is 35.5. The molecule has 1 aromatic rings. The van der Waals surface area contributed by atoms with Crippen molar-refractivity contribution >= 4 is 11.6 Å². The zero-order valence-electron chi connectivity index (χ0n) is 10.5. The van der Waals surface area contributed by atoms with Crippen molar-refractivity contribution in [2.24, 2.45) is 0 Å². The molecule has 0 saturated heterocycles. The summed E-state index contributed by atoms with van der Waals surface area (Å²) in [5.41, 5.74) is 0.754. The second-order valence-electron chi connectivity index (χ2n) is 3.62. The van der Waals surface area contributed by atoms with Crippen LogP contribution >= 0.6 is 11.6 Å². The molecule has 1 atom stereocenters. The molecule has 1 N–H and O–H groups in total. The number of halogens is 1. The van der Waals surface area contributed by atoms with Gasteiger partial charge in [-0.15, -0.1) is 0 Å². The van der Waals surface area contributed by atoms with Crippen LogP contribution in [0.25, 0.3) is 0 Å². The normalized spacial score (nSPS) is 12.3. The molecule has 0 radical (unpaired) electrons. The monoisotopic (exact) mass is 258 g/mol. The van der Waals surface area contributed by atoms with E-state index >= 15 is 0 Å². The van der Waals surface area contributed by atoms with Crippen molar-refractivity contribution in [1.29, 1.82) is 0 Å². The Morgan fingerprint density at radius 1 is 1.18 bits per heavy atom. The number of hydrogen-bond donors (Lipinski definition) is 1. The van der Waals surface area contributed by atoms with Crippen LogP contribution in [0.4, 0.5) is 0 Å². The largest absolute Gasteiger partial charge is 0.490 e. The zero-order valence-corrected chi connectivity index (χ0v) is 11.3. The number of hydrogen-bond acceptors (Lipinski definition) is 3. The number of benzene rings is 1. The molecular weight excluding hydrogens is 240 g/mol. The first-order chi connectivity index (χ1) is 8.13. The summed E-state index contributed by atoms with van der Waals surface area (Å²) in [5.74, 6) is 1.13. The highest BCUT2D eigenvalue weighted by Crippen LogP contribution is 2.38. The summed E-state index contributed by atoms with van der Waals surface area (Å²) >= 11 is 6.13. The van der Waals surface area contributed by atoms with Gasteiger partial charge >= 0.3 is 0 Å². The lowest BCUT2D eigenvalue weighted by Crippen LogP contribution is -2.02. The van der Waals surface area contributed by atoms with Crippen LogP contribution in [0.15, 0.2) is 12.1 Å². The topological polar surface area (TPSA) is 38.7 Å². The van der Waals surface area contributed by atoms with Gasteiger partial charge in [0, 0.05) is 0 Å². The van der Waals surface area contributed by atoms with Crippen LogP contribution in [0.2, 0.25) is 5.02 Å². The summed E-state index contributed by atoms with van der Waals surface area (Å²) in [6.45, 7) is 6.75. The molecule has 0 aliphatic carbocycles. The molecule has 0 fully saturated rings. The van der Waals surface area contributed by atoms with Crippen molar-refractivity contribution in [3.05, 3.63) is 22.7 Å². The fourth-order valence-electron chi connectivity index (χ4n) is 1.56. The van der Waals surface area contributed by atoms with Crippen LogP contribution in [0, 0.1) is 0 Å². The van der Waals surface area contributed by atoms with Gasteiger partial charge in [-0.2, -0.15) is 0 Å². The van der Waals surface area contributed by atoms with Crippen molar-refractivity contribution < 1.29 is 14.6 Å². The fourth-order valence-corrected chi connectivity index (χ4v) is 1.84. The lowest BCUT2D eigenvalue weighted by atomic mass is 10.1. The minimum atomic E-state index is -0.526. The first-order valence-corrected chi connectivity index (χ1v) is 6.28. The van der Waals surface area contributed by atoms with Crippen molar-refractivity contribution in [2.45, 2.75) is 33.3 Å². The average molecular weight is 259 g/mol. The number of aliphatic hydroxyl groups is 1. The highest BCUT2D eigenvalue weighted by molar-refractivity contribution is 6.32. The number of ether oxygens (including phenoxy) is 2. The number of rotatable bonds is 6. The quantitative estimate of drug-likeness (QED) is 0.848. The van der Waals surface area contributed by atoms with E-state index in [2.05, 4.69) is 0 Å². The predicted octanol–water partition coefficient (Wildman–Crippen LogP) is 3.58. The van der Waals surface area contributed by atoms with Gasteiger partial charge in [-0.05, 0) is 38.0 Å². The average Bonchev–Trinajstić information content (AvgIpc) is 2.32. The van der Waals surface area contributed by atoms with Crippen molar-refractivity contribution in [2.75, 3.05) is 13.2 Å². The van der Waals surface area contributed by atoms with Crippen molar-refractivity contribution in [3.8, 4) is 11.5 Å². The molecule has 1 rings (SSSR count). The molecule has 4 heteroatoms. The van der Waals surface area contributed by atoms with Gasteiger partial charge in [0.25, 0.3) is 0 Å². The Labute approximate surface area is 107 Å². The lowest BCUT2D eigenvalue weighted by molar-refractivity contribution is 0.173. The second-order valence-corrected chi connectivity index (χ2v) is 4.03. The van der Waals surface area contributed by atoms with Gasteiger partial charge in [-0.25, -0.2) is 0 Å². The van der Waals surface area contributed by atoms with Crippen LogP contribution < -0.4 is 9.47 Å². The Hall–Kier alpha value is -0.930. The SMILES string of the molecule is CCOc1cc(C(O)CC)cc(Cl)c1OCC. The van der Waals surface area contributed by atoms with E-state index in [0.29, 0.717) is 36.2 Å². The molecule has 0 heterocycles. The minimum Gasteiger partial charge on any atom is -0.490 e. The van der Waals surface area contributed by atoms with Crippen LogP contribution in [0.3, 0.4) is 0 Å². The summed E-state index contributed by atoms with van der Waals surface area (Å²) in [7, 11) is 0. The van der Waals surface area contributed by atoms with E-state index in [4.69, 9.17) is 21.1 Å². The molecule has 0 spiro atoms. The smallest absolute Gasteiger partial charge is 0.179 e. The Morgan fingerprint density at radius 2 is 1.82 bits per heavy atom.